The SMILES string of the molecule is CCN(CC)C(=O)c1cccc(NC(=O)CC2CNCCO2)c1.Cl. The fourth-order valence-corrected chi connectivity index (χ4v) is 2.59. The minimum absolute atomic E-state index is 0. The topological polar surface area (TPSA) is 70.7 Å². The van der Waals surface area contributed by atoms with Crippen LogP contribution in [0.1, 0.15) is 30.6 Å². The van der Waals surface area contributed by atoms with Gasteiger partial charge < -0.3 is 20.3 Å². The van der Waals surface area contributed by atoms with E-state index in [1.807, 2.05) is 13.8 Å². The fourth-order valence-electron chi connectivity index (χ4n) is 2.59. The lowest BCUT2D eigenvalue weighted by atomic mass is 10.1. The van der Waals surface area contributed by atoms with Crippen molar-refractivity contribution in [1.29, 1.82) is 0 Å². The van der Waals surface area contributed by atoms with E-state index >= 15 is 0 Å². The van der Waals surface area contributed by atoms with Gasteiger partial charge in [0, 0.05) is 37.4 Å². The molecule has 2 rings (SSSR count). The molecule has 1 atom stereocenters. The lowest BCUT2D eigenvalue weighted by Crippen LogP contribution is -2.40. The monoisotopic (exact) mass is 355 g/mol. The Kier molecular flexibility index (Phi) is 8.74. The predicted molar refractivity (Wildman–Crippen MR) is 96.8 cm³/mol. The third-order valence-electron chi connectivity index (χ3n) is 3.86. The number of carbonyl (C=O) groups excluding carboxylic acids is 2. The maximum atomic E-state index is 12.3. The Morgan fingerprint density at radius 1 is 1.33 bits per heavy atom. The Balaban J connectivity index is 0.00000288. The van der Waals surface area contributed by atoms with Gasteiger partial charge in [0.15, 0.2) is 0 Å². The molecule has 0 aliphatic carbocycles. The van der Waals surface area contributed by atoms with Gasteiger partial charge in [0.05, 0.1) is 19.1 Å². The molecule has 134 valence electrons. The number of carbonyl (C=O) groups is 2. The van der Waals surface area contributed by atoms with Crippen molar-refractivity contribution in [2.45, 2.75) is 26.4 Å². The maximum absolute atomic E-state index is 12.3. The summed E-state index contributed by atoms with van der Waals surface area (Å²) in [4.78, 5) is 26.2. The summed E-state index contributed by atoms with van der Waals surface area (Å²) < 4.78 is 5.52. The minimum atomic E-state index is -0.105. The molecule has 1 unspecified atom stereocenters. The van der Waals surface area contributed by atoms with Gasteiger partial charge >= 0.3 is 0 Å². The number of benzene rings is 1. The van der Waals surface area contributed by atoms with Crippen molar-refractivity contribution in [3.05, 3.63) is 29.8 Å². The lowest BCUT2D eigenvalue weighted by molar-refractivity contribution is -0.119. The smallest absolute Gasteiger partial charge is 0.253 e. The van der Waals surface area contributed by atoms with E-state index in [4.69, 9.17) is 4.74 Å². The zero-order valence-electron chi connectivity index (χ0n) is 14.2. The highest BCUT2D eigenvalue weighted by molar-refractivity contribution is 5.97. The summed E-state index contributed by atoms with van der Waals surface area (Å²) in [7, 11) is 0. The number of morpholine rings is 1. The number of ether oxygens (including phenoxy) is 1. The molecule has 1 saturated heterocycles. The summed E-state index contributed by atoms with van der Waals surface area (Å²) in [6, 6.07) is 7.06. The summed E-state index contributed by atoms with van der Waals surface area (Å²) in [5.74, 6) is -0.128. The molecule has 24 heavy (non-hydrogen) atoms. The van der Waals surface area contributed by atoms with Gasteiger partial charge in [-0.15, -0.1) is 12.4 Å². The fraction of sp³-hybridized carbons (Fsp3) is 0.529. The van der Waals surface area contributed by atoms with E-state index in [0.717, 1.165) is 6.54 Å². The average Bonchev–Trinajstić information content (AvgIpc) is 2.57. The molecule has 6 nitrogen and oxygen atoms in total. The summed E-state index contributed by atoms with van der Waals surface area (Å²) in [6.45, 7) is 7.37. The summed E-state index contributed by atoms with van der Waals surface area (Å²) in [6.07, 6.45) is 0.213. The quantitative estimate of drug-likeness (QED) is 0.817. The van der Waals surface area contributed by atoms with E-state index in [9.17, 15) is 9.59 Å². The Morgan fingerprint density at radius 3 is 2.71 bits per heavy atom. The largest absolute Gasteiger partial charge is 0.375 e. The molecule has 0 saturated carbocycles. The molecule has 1 aliphatic rings. The highest BCUT2D eigenvalue weighted by Crippen LogP contribution is 2.14. The molecular weight excluding hydrogens is 330 g/mol. The van der Waals surface area contributed by atoms with Gasteiger partial charge in [-0.05, 0) is 32.0 Å². The Morgan fingerprint density at radius 2 is 2.08 bits per heavy atom. The van der Waals surface area contributed by atoms with Crippen molar-refractivity contribution in [2.75, 3.05) is 38.1 Å². The second-order valence-electron chi connectivity index (χ2n) is 5.51. The average molecular weight is 356 g/mol. The van der Waals surface area contributed by atoms with Crippen molar-refractivity contribution in [3.8, 4) is 0 Å². The van der Waals surface area contributed by atoms with Crippen LogP contribution in [-0.4, -0.2) is 55.6 Å². The van der Waals surface area contributed by atoms with Crippen LogP contribution in [0, 0.1) is 0 Å². The third-order valence-corrected chi connectivity index (χ3v) is 3.86. The number of rotatable bonds is 6. The molecule has 1 heterocycles. The first-order chi connectivity index (χ1) is 11.1. The van der Waals surface area contributed by atoms with Crippen LogP contribution < -0.4 is 10.6 Å². The molecule has 1 fully saturated rings. The molecule has 0 spiro atoms. The predicted octanol–water partition coefficient (Wildman–Crippen LogP) is 1.91. The van der Waals surface area contributed by atoms with Crippen molar-refractivity contribution >= 4 is 29.9 Å². The Bertz CT molecular complexity index is 544. The number of amides is 2. The molecule has 7 heteroatoms. The van der Waals surface area contributed by atoms with E-state index in [0.29, 0.717) is 43.9 Å². The first-order valence-corrected chi connectivity index (χ1v) is 8.15. The van der Waals surface area contributed by atoms with Gasteiger partial charge in [0.25, 0.3) is 5.91 Å². The van der Waals surface area contributed by atoms with Crippen molar-refractivity contribution < 1.29 is 14.3 Å². The summed E-state index contributed by atoms with van der Waals surface area (Å²) in [5.41, 5.74) is 1.22. The summed E-state index contributed by atoms with van der Waals surface area (Å²) >= 11 is 0. The van der Waals surface area contributed by atoms with Crippen LogP contribution in [0.5, 0.6) is 0 Å². The van der Waals surface area contributed by atoms with E-state index in [1.165, 1.54) is 0 Å². The zero-order valence-corrected chi connectivity index (χ0v) is 15.0. The lowest BCUT2D eigenvalue weighted by Gasteiger charge is -2.23. The standard InChI is InChI=1S/C17H25N3O3.ClH/c1-3-20(4-2)17(22)13-6-5-7-14(10-13)19-16(21)11-15-12-18-8-9-23-15;/h5-7,10,15,18H,3-4,8-9,11-12H2,1-2H3,(H,19,21);1H. The number of hydrogen-bond donors (Lipinski definition) is 2. The number of anilines is 1. The second kappa shape index (κ2) is 10.3. The zero-order chi connectivity index (χ0) is 16.7. The Hall–Kier alpha value is -1.63. The number of halogens is 1. The highest BCUT2D eigenvalue weighted by atomic mass is 35.5. The molecular formula is C17H26ClN3O3. The van der Waals surface area contributed by atoms with Crippen molar-refractivity contribution in [1.82, 2.24) is 10.2 Å². The molecule has 1 aromatic rings. The number of nitrogens with one attached hydrogen (secondary N) is 2. The third kappa shape index (κ3) is 5.78. The van der Waals surface area contributed by atoms with Gasteiger partial charge in [-0.2, -0.15) is 0 Å². The second-order valence-corrected chi connectivity index (χ2v) is 5.51. The Labute approximate surface area is 149 Å². The highest BCUT2D eigenvalue weighted by Gasteiger charge is 2.18. The van der Waals surface area contributed by atoms with Crippen LogP contribution in [0.25, 0.3) is 0 Å². The molecule has 2 amide bonds. The van der Waals surface area contributed by atoms with Crippen molar-refractivity contribution in [2.24, 2.45) is 0 Å². The number of nitrogens with zero attached hydrogens (tertiary/aromatic N) is 1. The van der Waals surface area contributed by atoms with E-state index < -0.39 is 0 Å². The van der Waals surface area contributed by atoms with E-state index in [-0.39, 0.29) is 30.3 Å². The molecule has 2 N–H and O–H groups in total. The molecule has 0 aromatic heterocycles. The van der Waals surface area contributed by atoms with E-state index in [2.05, 4.69) is 10.6 Å². The van der Waals surface area contributed by atoms with Crippen LogP contribution in [0.2, 0.25) is 0 Å². The van der Waals surface area contributed by atoms with Gasteiger partial charge in [0.2, 0.25) is 5.91 Å². The van der Waals surface area contributed by atoms with E-state index in [1.54, 1.807) is 29.2 Å². The summed E-state index contributed by atoms with van der Waals surface area (Å²) in [5, 5.41) is 6.04. The minimum Gasteiger partial charge on any atom is -0.375 e. The molecule has 0 radical (unpaired) electrons. The molecule has 0 bridgehead atoms. The van der Waals surface area contributed by atoms with Crippen LogP contribution in [0.4, 0.5) is 5.69 Å². The van der Waals surface area contributed by atoms with Crippen LogP contribution in [-0.2, 0) is 9.53 Å². The van der Waals surface area contributed by atoms with Gasteiger partial charge in [-0.3, -0.25) is 9.59 Å². The van der Waals surface area contributed by atoms with Crippen LogP contribution in [0.3, 0.4) is 0 Å². The normalized spacial score (nSPS) is 16.8. The first kappa shape index (κ1) is 20.4. The molecule has 1 aromatic carbocycles. The maximum Gasteiger partial charge on any atom is 0.253 e. The van der Waals surface area contributed by atoms with Gasteiger partial charge in [0.1, 0.15) is 0 Å². The van der Waals surface area contributed by atoms with Crippen LogP contribution >= 0.6 is 12.4 Å². The first-order valence-electron chi connectivity index (χ1n) is 8.15. The molecule has 1 aliphatic heterocycles. The van der Waals surface area contributed by atoms with Crippen LogP contribution in [0.15, 0.2) is 24.3 Å². The van der Waals surface area contributed by atoms with Gasteiger partial charge in [-0.1, -0.05) is 6.07 Å². The van der Waals surface area contributed by atoms with Crippen molar-refractivity contribution in [3.63, 3.8) is 0 Å². The number of hydrogen-bond acceptors (Lipinski definition) is 4. The van der Waals surface area contributed by atoms with Gasteiger partial charge in [-0.25, -0.2) is 0 Å².